The molecule has 150 valence electrons. The van der Waals surface area contributed by atoms with Crippen molar-refractivity contribution in [3.63, 3.8) is 0 Å². The summed E-state index contributed by atoms with van der Waals surface area (Å²) in [6, 6.07) is 11.6. The third kappa shape index (κ3) is 6.53. The molecule has 0 aliphatic heterocycles. The molecule has 3 N–H and O–H groups in total. The van der Waals surface area contributed by atoms with Gasteiger partial charge in [0.05, 0.1) is 12.8 Å². The first-order chi connectivity index (χ1) is 13.4. The lowest BCUT2D eigenvalue weighted by Crippen LogP contribution is -2.16. The van der Waals surface area contributed by atoms with Crippen molar-refractivity contribution in [2.45, 2.75) is 25.7 Å². The van der Waals surface area contributed by atoms with E-state index < -0.39 is 18.9 Å². The average Bonchev–Trinajstić information content (AvgIpc) is 2.67. The van der Waals surface area contributed by atoms with Crippen LogP contribution in [0, 0.1) is 0 Å². The fourth-order valence-corrected chi connectivity index (χ4v) is 2.51. The zero-order valence-electron chi connectivity index (χ0n) is 15.4. The molecule has 0 spiro atoms. The van der Waals surface area contributed by atoms with Crippen LogP contribution in [0.3, 0.4) is 0 Å². The second-order valence-corrected chi connectivity index (χ2v) is 6.03. The number of methoxy groups -OCH3 is 1. The Morgan fingerprint density at radius 1 is 1.14 bits per heavy atom. The first kappa shape index (κ1) is 21.1. The van der Waals surface area contributed by atoms with Gasteiger partial charge in [0, 0.05) is 12.0 Å². The molecule has 0 atom stereocenters. The van der Waals surface area contributed by atoms with Crippen molar-refractivity contribution < 1.29 is 27.8 Å². The Kier molecular flexibility index (Phi) is 7.74. The van der Waals surface area contributed by atoms with Crippen molar-refractivity contribution in [2.75, 3.05) is 19.0 Å². The number of halogens is 2. The van der Waals surface area contributed by atoms with E-state index in [1.807, 2.05) is 24.3 Å². The van der Waals surface area contributed by atoms with Crippen molar-refractivity contribution in [2.24, 2.45) is 5.73 Å². The highest BCUT2D eigenvalue weighted by Gasteiger charge is 2.13. The summed E-state index contributed by atoms with van der Waals surface area (Å²) in [7, 11) is 1.59. The van der Waals surface area contributed by atoms with Gasteiger partial charge in [0.15, 0.2) is 0 Å². The Hall–Kier alpha value is -3.16. The predicted octanol–water partition coefficient (Wildman–Crippen LogP) is 3.40. The molecule has 2 rings (SSSR count). The van der Waals surface area contributed by atoms with Crippen LogP contribution in [0.5, 0.6) is 11.5 Å². The number of aryl methyl sites for hydroxylation is 1. The number of rotatable bonds is 10. The van der Waals surface area contributed by atoms with Crippen molar-refractivity contribution in [1.82, 2.24) is 0 Å². The summed E-state index contributed by atoms with van der Waals surface area (Å²) >= 11 is 0. The maximum atomic E-state index is 12.4. The van der Waals surface area contributed by atoms with Gasteiger partial charge < -0.3 is 20.5 Å². The molecule has 0 aromatic heterocycles. The summed E-state index contributed by atoms with van der Waals surface area (Å²) in [6.07, 6.45) is -1.15. The van der Waals surface area contributed by atoms with Crippen molar-refractivity contribution in [1.29, 1.82) is 0 Å². The number of primary amides is 1. The number of carbonyl (C=O) groups excluding carboxylic acids is 2. The fraction of sp³-hybridized carbons (Fsp3) is 0.300. The van der Waals surface area contributed by atoms with Crippen LogP contribution < -0.4 is 20.5 Å². The Bertz CT molecular complexity index is 810. The quantitative estimate of drug-likeness (QED) is 0.648. The van der Waals surface area contributed by atoms with E-state index in [2.05, 4.69) is 5.32 Å². The van der Waals surface area contributed by atoms with E-state index in [-0.39, 0.29) is 29.3 Å². The molecule has 0 aliphatic carbocycles. The van der Waals surface area contributed by atoms with Gasteiger partial charge in [0.2, 0.25) is 11.8 Å². The van der Waals surface area contributed by atoms with Crippen molar-refractivity contribution >= 4 is 17.5 Å². The lowest BCUT2D eigenvalue weighted by atomic mass is 10.1. The van der Waals surface area contributed by atoms with Crippen LogP contribution >= 0.6 is 0 Å². The van der Waals surface area contributed by atoms with Gasteiger partial charge in [-0.25, -0.2) is 8.78 Å². The third-order valence-corrected chi connectivity index (χ3v) is 3.93. The Morgan fingerprint density at radius 3 is 2.46 bits per heavy atom. The van der Waals surface area contributed by atoms with Gasteiger partial charge in [-0.1, -0.05) is 12.1 Å². The van der Waals surface area contributed by atoms with E-state index in [1.54, 1.807) is 7.11 Å². The number of amides is 2. The number of anilines is 1. The van der Waals surface area contributed by atoms with Crippen molar-refractivity contribution in [3.8, 4) is 11.5 Å². The molecule has 0 saturated carbocycles. The predicted molar refractivity (Wildman–Crippen MR) is 101 cm³/mol. The average molecular weight is 392 g/mol. The van der Waals surface area contributed by atoms with Gasteiger partial charge >= 0.3 is 0 Å². The Balaban J connectivity index is 1.94. The molecule has 0 radical (unpaired) electrons. The van der Waals surface area contributed by atoms with Crippen LogP contribution in [0.25, 0.3) is 0 Å². The summed E-state index contributed by atoms with van der Waals surface area (Å²) in [5, 5.41) is 2.62. The number of nitrogens with two attached hydrogens (primary N) is 1. The second-order valence-electron chi connectivity index (χ2n) is 6.03. The van der Waals surface area contributed by atoms with Crippen LogP contribution in [0.15, 0.2) is 42.5 Å². The maximum absolute atomic E-state index is 12.4. The minimum atomic E-state index is -2.69. The van der Waals surface area contributed by atoms with E-state index in [1.165, 1.54) is 18.2 Å². The minimum Gasteiger partial charge on any atom is -0.497 e. The third-order valence-electron chi connectivity index (χ3n) is 3.93. The van der Waals surface area contributed by atoms with Gasteiger partial charge in [-0.3, -0.25) is 9.59 Å². The molecular weight excluding hydrogens is 370 g/mol. The minimum absolute atomic E-state index is 0.0277. The molecule has 0 heterocycles. The van der Waals surface area contributed by atoms with Gasteiger partial charge in [-0.15, -0.1) is 0 Å². The van der Waals surface area contributed by atoms with E-state index in [0.29, 0.717) is 12.8 Å². The topological polar surface area (TPSA) is 90.6 Å². The lowest BCUT2D eigenvalue weighted by molar-refractivity contribution is -0.116. The van der Waals surface area contributed by atoms with Crippen LogP contribution in [0.4, 0.5) is 14.5 Å². The van der Waals surface area contributed by atoms with Crippen LogP contribution in [0.2, 0.25) is 0 Å². The number of hydrogen-bond donors (Lipinski definition) is 2. The standard InChI is InChI=1S/C20H22F2N2O4/c1-27-15-8-5-13(6-9-15)3-2-4-19(25)24-16-10-7-14(20(23)26)11-17(16)28-12-18(21)22/h5-11,18H,2-4,12H2,1H3,(H2,23,26)(H,24,25). The number of hydrogen-bond acceptors (Lipinski definition) is 4. The first-order valence-electron chi connectivity index (χ1n) is 8.66. The number of alkyl halides is 2. The molecule has 2 amide bonds. The molecule has 0 saturated heterocycles. The monoisotopic (exact) mass is 392 g/mol. The molecule has 0 aliphatic rings. The number of nitrogens with one attached hydrogen (secondary N) is 1. The Morgan fingerprint density at radius 2 is 1.86 bits per heavy atom. The van der Waals surface area contributed by atoms with Gasteiger partial charge in [-0.2, -0.15) is 0 Å². The summed E-state index contributed by atoms with van der Waals surface area (Å²) in [5.74, 6) is -0.279. The molecule has 28 heavy (non-hydrogen) atoms. The molecule has 0 unspecified atom stereocenters. The van der Waals surface area contributed by atoms with Crippen LogP contribution in [0.1, 0.15) is 28.8 Å². The summed E-state index contributed by atoms with van der Waals surface area (Å²) in [4.78, 5) is 23.5. The summed E-state index contributed by atoms with van der Waals surface area (Å²) < 4.78 is 35.0. The Labute approximate surface area is 161 Å². The second kappa shape index (κ2) is 10.2. The molecule has 8 heteroatoms. The van der Waals surface area contributed by atoms with Gasteiger partial charge in [0.25, 0.3) is 6.43 Å². The number of ether oxygens (including phenoxy) is 2. The molecule has 0 fully saturated rings. The molecular formula is C20H22F2N2O4. The fourth-order valence-electron chi connectivity index (χ4n) is 2.51. The molecule has 6 nitrogen and oxygen atoms in total. The normalized spacial score (nSPS) is 10.6. The zero-order chi connectivity index (χ0) is 20.5. The van der Waals surface area contributed by atoms with Crippen LogP contribution in [-0.2, 0) is 11.2 Å². The lowest BCUT2D eigenvalue weighted by Gasteiger charge is -2.13. The molecule has 2 aromatic carbocycles. The first-order valence-corrected chi connectivity index (χ1v) is 8.66. The van der Waals surface area contributed by atoms with Crippen molar-refractivity contribution in [3.05, 3.63) is 53.6 Å². The largest absolute Gasteiger partial charge is 0.497 e. The summed E-state index contributed by atoms with van der Waals surface area (Å²) in [6.45, 7) is -0.859. The molecule has 2 aromatic rings. The van der Waals surface area contributed by atoms with Gasteiger partial charge in [-0.05, 0) is 48.7 Å². The molecule has 0 bridgehead atoms. The van der Waals surface area contributed by atoms with E-state index >= 15 is 0 Å². The van der Waals surface area contributed by atoms with E-state index in [0.717, 1.165) is 11.3 Å². The summed E-state index contributed by atoms with van der Waals surface area (Å²) in [5.41, 5.74) is 6.57. The number of benzene rings is 2. The van der Waals surface area contributed by atoms with Crippen LogP contribution in [-0.4, -0.2) is 32.0 Å². The highest BCUT2D eigenvalue weighted by Crippen LogP contribution is 2.27. The smallest absolute Gasteiger partial charge is 0.272 e. The highest BCUT2D eigenvalue weighted by atomic mass is 19.3. The van der Waals surface area contributed by atoms with Gasteiger partial charge in [0.1, 0.15) is 18.1 Å². The van der Waals surface area contributed by atoms with E-state index in [9.17, 15) is 18.4 Å². The zero-order valence-corrected chi connectivity index (χ0v) is 15.4. The van der Waals surface area contributed by atoms with E-state index in [4.69, 9.17) is 15.2 Å². The maximum Gasteiger partial charge on any atom is 0.272 e. The SMILES string of the molecule is COc1ccc(CCCC(=O)Nc2ccc(C(N)=O)cc2OCC(F)F)cc1. The number of carbonyl (C=O) groups is 2. The highest BCUT2D eigenvalue weighted by molar-refractivity contribution is 5.96.